The highest BCUT2D eigenvalue weighted by Gasteiger charge is 2.44. The number of nitriles is 1. The van der Waals surface area contributed by atoms with E-state index in [0.29, 0.717) is 10.6 Å². The largest absolute Gasteiger partial charge is 0.468 e. The molecule has 1 aliphatic rings. The molecule has 1 heterocycles. The van der Waals surface area contributed by atoms with Crippen LogP contribution in [0.15, 0.2) is 34.9 Å². The SMILES string of the molecule is COC(=O)CSC1=C(C#N)C(c2ccc(Cl)cc2)C(C(=O)OC)C(=O)N1. The van der Waals surface area contributed by atoms with Crippen molar-refractivity contribution in [3.8, 4) is 6.07 Å². The molecule has 7 nitrogen and oxygen atoms in total. The summed E-state index contributed by atoms with van der Waals surface area (Å²) in [5, 5.41) is 12.9. The lowest BCUT2D eigenvalue weighted by molar-refractivity contribution is -0.150. The number of esters is 2. The first-order valence-electron chi connectivity index (χ1n) is 7.41. The lowest BCUT2D eigenvalue weighted by Crippen LogP contribution is -2.44. The topological polar surface area (TPSA) is 105 Å². The molecule has 0 aromatic heterocycles. The van der Waals surface area contributed by atoms with Gasteiger partial charge in [-0.1, -0.05) is 35.5 Å². The summed E-state index contributed by atoms with van der Waals surface area (Å²) in [7, 11) is 2.41. The molecule has 1 N–H and O–H groups in total. The van der Waals surface area contributed by atoms with Crippen molar-refractivity contribution in [2.24, 2.45) is 5.92 Å². The van der Waals surface area contributed by atoms with E-state index in [4.69, 9.17) is 16.3 Å². The summed E-state index contributed by atoms with van der Waals surface area (Å²) < 4.78 is 9.31. The van der Waals surface area contributed by atoms with Gasteiger partial charge in [0.1, 0.15) is 5.92 Å². The highest BCUT2D eigenvalue weighted by atomic mass is 35.5. The van der Waals surface area contributed by atoms with E-state index >= 15 is 0 Å². The maximum atomic E-state index is 12.5. The molecule has 0 spiro atoms. The normalized spacial score (nSPS) is 19.4. The van der Waals surface area contributed by atoms with Crippen LogP contribution in [0.1, 0.15) is 11.5 Å². The van der Waals surface area contributed by atoms with Crippen LogP contribution in [-0.2, 0) is 23.9 Å². The number of nitrogens with zero attached hydrogens (tertiary/aromatic N) is 1. The molecule has 1 aliphatic heterocycles. The number of ether oxygens (including phenoxy) is 2. The number of halogens is 1. The summed E-state index contributed by atoms with van der Waals surface area (Å²) >= 11 is 6.86. The second-order valence-electron chi connectivity index (χ2n) is 5.24. The van der Waals surface area contributed by atoms with Crippen LogP contribution in [0.25, 0.3) is 0 Å². The first kappa shape index (κ1) is 19.8. The molecule has 26 heavy (non-hydrogen) atoms. The summed E-state index contributed by atoms with van der Waals surface area (Å²) in [5.74, 6) is -4.03. The standard InChI is InChI=1S/C17H15ClN2O5S/c1-24-12(21)8-26-16-11(7-19)13(9-3-5-10(18)6-4-9)14(15(22)20-16)17(23)25-2/h3-6,13-14H,8H2,1-2H3,(H,20,22). The highest BCUT2D eigenvalue weighted by molar-refractivity contribution is 8.03. The van der Waals surface area contributed by atoms with Gasteiger partial charge in [0.05, 0.1) is 36.6 Å². The summed E-state index contributed by atoms with van der Waals surface area (Å²) in [4.78, 5) is 36.1. The third-order valence-corrected chi connectivity index (χ3v) is 5.02. The van der Waals surface area contributed by atoms with Crippen LogP contribution in [0.5, 0.6) is 0 Å². The number of amides is 1. The maximum Gasteiger partial charge on any atom is 0.319 e. The van der Waals surface area contributed by atoms with Crippen molar-refractivity contribution in [3.05, 3.63) is 45.5 Å². The second-order valence-corrected chi connectivity index (χ2v) is 6.66. The average Bonchev–Trinajstić information content (AvgIpc) is 2.65. The van der Waals surface area contributed by atoms with Crippen molar-refractivity contribution in [3.63, 3.8) is 0 Å². The minimum Gasteiger partial charge on any atom is -0.468 e. The van der Waals surface area contributed by atoms with Crippen molar-refractivity contribution in [2.45, 2.75) is 5.92 Å². The van der Waals surface area contributed by atoms with Gasteiger partial charge in [-0.3, -0.25) is 14.4 Å². The Morgan fingerprint density at radius 3 is 2.46 bits per heavy atom. The molecule has 0 saturated heterocycles. The number of rotatable bonds is 5. The molecule has 136 valence electrons. The summed E-state index contributed by atoms with van der Waals surface area (Å²) in [6.07, 6.45) is 0. The Hall–Kier alpha value is -2.50. The smallest absolute Gasteiger partial charge is 0.319 e. The van der Waals surface area contributed by atoms with E-state index in [1.807, 2.05) is 6.07 Å². The number of nitrogens with one attached hydrogen (secondary N) is 1. The third-order valence-electron chi connectivity index (χ3n) is 3.77. The molecule has 0 aliphatic carbocycles. The number of hydrogen-bond donors (Lipinski definition) is 1. The minimum atomic E-state index is -1.22. The Balaban J connectivity index is 2.53. The second kappa shape index (κ2) is 8.74. The van der Waals surface area contributed by atoms with E-state index in [1.165, 1.54) is 14.2 Å². The van der Waals surface area contributed by atoms with Crippen LogP contribution in [0.2, 0.25) is 5.02 Å². The zero-order chi connectivity index (χ0) is 19.3. The van der Waals surface area contributed by atoms with Gasteiger partial charge in [0.25, 0.3) is 0 Å². The molecule has 0 radical (unpaired) electrons. The molecule has 0 saturated carbocycles. The van der Waals surface area contributed by atoms with Crippen LogP contribution in [0.4, 0.5) is 0 Å². The van der Waals surface area contributed by atoms with E-state index in [0.717, 1.165) is 11.8 Å². The number of carbonyl (C=O) groups is 3. The van der Waals surface area contributed by atoms with Gasteiger partial charge in [0, 0.05) is 10.9 Å². The number of allylic oxidation sites excluding steroid dienone is 1. The van der Waals surface area contributed by atoms with Gasteiger partial charge in [-0.05, 0) is 17.7 Å². The number of methoxy groups -OCH3 is 2. The predicted octanol–water partition coefficient (Wildman–Crippen LogP) is 1.98. The Labute approximate surface area is 159 Å². The fourth-order valence-corrected chi connectivity index (χ4v) is 3.55. The van der Waals surface area contributed by atoms with Gasteiger partial charge in [-0.15, -0.1) is 0 Å². The monoisotopic (exact) mass is 394 g/mol. The van der Waals surface area contributed by atoms with Gasteiger partial charge in [-0.2, -0.15) is 5.26 Å². The number of benzene rings is 1. The zero-order valence-electron chi connectivity index (χ0n) is 13.9. The van der Waals surface area contributed by atoms with E-state index in [9.17, 15) is 19.6 Å². The van der Waals surface area contributed by atoms with Crippen LogP contribution >= 0.6 is 23.4 Å². The van der Waals surface area contributed by atoms with Crippen LogP contribution in [0, 0.1) is 17.2 Å². The first-order valence-corrected chi connectivity index (χ1v) is 8.77. The molecule has 0 fully saturated rings. The van der Waals surface area contributed by atoms with E-state index in [2.05, 4.69) is 10.1 Å². The fraction of sp³-hybridized carbons (Fsp3) is 0.294. The van der Waals surface area contributed by atoms with Crippen molar-refractivity contribution in [2.75, 3.05) is 20.0 Å². The number of carbonyl (C=O) groups excluding carboxylic acids is 3. The number of hydrogen-bond acceptors (Lipinski definition) is 7. The Bertz CT molecular complexity index is 800. The van der Waals surface area contributed by atoms with Gasteiger partial charge in [0.2, 0.25) is 5.91 Å². The molecular weight excluding hydrogens is 380 g/mol. The fourth-order valence-electron chi connectivity index (χ4n) is 2.54. The first-order chi connectivity index (χ1) is 12.4. The lowest BCUT2D eigenvalue weighted by atomic mass is 9.78. The molecule has 2 unspecified atom stereocenters. The van der Waals surface area contributed by atoms with Crippen molar-refractivity contribution < 1.29 is 23.9 Å². The van der Waals surface area contributed by atoms with Crippen molar-refractivity contribution >= 4 is 41.2 Å². The molecule has 2 atom stereocenters. The summed E-state index contributed by atoms with van der Waals surface area (Å²) in [6.45, 7) is 0. The average molecular weight is 395 g/mol. The quantitative estimate of drug-likeness (QED) is 0.601. The molecule has 1 amide bonds. The maximum absolute atomic E-state index is 12.5. The molecule has 0 bridgehead atoms. The minimum absolute atomic E-state index is 0.0898. The van der Waals surface area contributed by atoms with Crippen LogP contribution in [-0.4, -0.2) is 37.8 Å². The highest BCUT2D eigenvalue weighted by Crippen LogP contribution is 2.40. The summed E-state index contributed by atoms with van der Waals surface area (Å²) in [6, 6.07) is 8.53. The van der Waals surface area contributed by atoms with Crippen LogP contribution < -0.4 is 5.32 Å². The Morgan fingerprint density at radius 1 is 1.27 bits per heavy atom. The summed E-state index contributed by atoms with van der Waals surface area (Å²) in [5.41, 5.74) is 0.726. The number of thioether (sulfide) groups is 1. The van der Waals surface area contributed by atoms with Gasteiger partial charge < -0.3 is 14.8 Å². The lowest BCUT2D eigenvalue weighted by Gasteiger charge is -2.30. The molecule has 2 rings (SSSR count). The Kier molecular flexibility index (Phi) is 6.66. The van der Waals surface area contributed by atoms with E-state index < -0.39 is 29.7 Å². The Morgan fingerprint density at radius 2 is 1.92 bits per heavy atom. The molecular formula is C17H15ClN2O5S. The molecule has 1 aromatic carbocycles. The molecule has 9 heteroatoms. The van der Waals surface area contributed by atoms with E-state index in [-0.39, 0.29) is 16.4 Å². The van der Waals surface area contributed by atoms with Crippen molar-refractivity contribution in [1.82, 2.24) is 5.32 Å². The van der Waals surface area contributed by atoms with Crippen molar-refractivity contribution in [1.29, 1.82) is 5.26 Å². The van der Waals surface area contributed by atoms with E-state index in [1.54, 1.807) is 24.3 Å². The van der Waals surface area contributed by atoms with Gasteiger partial charge in [-0.25, -0.2) is 0 Å². The van der Waals surface area contributed by atoms with Gasteiger partial charge in [0.15, 0.2) is 0 Å². The third kappa shape index (κ3) is 4.18. The predicted molar refractivity (Wildman–Crippen MR) is 95.0 cm³/mol. The van der Waals surface area contributed by atoms with Crippen LogP contribution in [0.3, 0.4) is 0 Å². The molecule has 1 aromatic rings. The van der Waals surface area contributed by atoms with Gasteiger partial charge >= 0.3 is 11.9 Å². The zero-order valence-corrected chi connectivity index (χ0v) is 15.5.